The second-order valence-electron chi connectivity index (χ2n) is 7.66. The molecule has 0 radical (unpaired) electrons. The maximum absolute atomic E-state index is 13.2. The minimum atomic E-state index is -0.405. The van der Waals surface area contributed by atoms with E-state index in [2.05, 4.69) is 20.7 Å². The molecular formula is C25H31N5O5. The number of aromatic nitrogens is 2. The molecule has 0 spiro atoms. The minimum absolute atomic E-state index is 0.264. The zero-order chi connectivity index (χ0) is 25.5. The summed E-state index contributed by atoms with van der Waals surface area (Å²) in [7, 11) is 7.97. The number of nitrogens with one attached hydrogen (secondary N) is 2. The molecule has 10 heteroatoms. The third kappa shape index (κ3) is 5.84. The zero-order valence-electron chi connectivity index (χ0n) is 21.1. The number of anilines is 1. The summed E-state index contributed by atoms with van der Waals surface area (Å²) in [6, 6.07) is 10.5. The third-order valence-electron chi connectivity index (χ3n) is 5.55. The normalized spacial score (nSPS) is 11.1. The minimum Gasteiger partial charge on any atom is -0.497 e. The van der Waals surface area contributed by atoms with Crippen molar-refractivity contribution in [3.05, 3.63) is 58.9 Å². The quantitative estimate of drug-likeness (QED) is 0.375. The number of methoxy groups -OCH3 is 4. The molecule has 0 aliphatic carbocycles. The number of aliphatic imine (C=N–C) groups is 1. The highest BCUT2D eigenvalue weighted by Crippen LogP contribution is 2.38. The lowest BCUT2D eigenvalue weighted by Crippen LogP contribution is -2.36. The van der Waals surface area contributed by atoms with Gasteiger partial charge in [-0.2, -0.15) is 5.10 Å². The Hall–Kier alpha value is -4.21. The van der Waals surface area contributed by atoms with Crippen LogP contribution in [0.25, 0.3) is 0 Å². The molecule has 2 N–H and O–H groups in total. The fraction of sp³-hybridized carbons (Fsp3) is 0.320. The van der Waals surface area contributed by atoms with Crippen LogP contribution in [0, 0.1) is 13.8 Å². The second-order valence-corrected chi connectivity index (χ2v) is 7.66. The summed E-state index contributed by atoms with van der Waals surface area (Å²) in [6.07, 6.45) is 0. The average Bonchev–Trinajstić information content (AvgIpc) is 3.11. The highest BCUT2D eigenvalue weighted by Gasteiger charge is 2.18. The van der Waals surface area contributed by atoms with Gasteiger partial charge in [0.1, 0.15) is 5.75 Å². The number of hydrogen-bond acceptors (Lipinski definition) is 7. The lowest BCUT2D eigenvalue weighted by atomic mass is 10.1. The molecule has 0 atom stereocenters. The van der Waals surface area contributed by atoms with Crippen LogP contribution in [0.1, 0.15) is 27.3 Å². The van der Waals surface area contributed by atoms with Gasteiger partial charge in [-0.05, 0) is 38.1 Å². The first-order valence-corrected chi connectivity index (χ1v) is 10.9. The maximum atomic E-state index is 13.2. The molecule has 0 bridgehead atoms. The Kier molecular flexibility index (Phi) is 8.19. The maximum Gasteiger partial charge on any atom is 0.258 e. The number of guanidine groups is 1. The van der Waals surface area contributed by atoms with Gasteiger partial charge in [0.15, 0.2) is 11.5 Å². The van der Waals surface area contributed by atoms with Crippen molar-refractivity contribution in [2.24, 2.45) is 12.0 Å². The molecule has 0 saturated heterocycles. The molecule has 0 unspecified atom stereocenters. The predicted molar refractivity (Wildman–Crippen MR) is 134 cm³/mol. The van der Waals surface area contributed by atoms with Crippen LogP contribution in [-0.4, -0.2) is 50.1 Å². The van der Waals surface area contributed by atoms with Crippen LogP contribution < -0.4 is 29.6 Å². The van der Waals surface area contributed by atoms with Crippen molar-refractivity contribution in [2.75, 3.05) is 33.8 Å². The lowest BCUT2D eigenvalue weighted by molar-refractivity contribution is 0.0976. The Morgan fingerprint density at radius 1 is 1.00 bits per heavy atom. The Morgan fingerprint density at radius 3 is 2.23 bits per heavy atom. The average molecular weight is 482 g/mol. The Morgan fingerprint density at radius 2 is 1.69 bits per heavy atom. The van der Waals surface area contributed by atoms with Gasteiger partial charge < -0.3 is 24.3 Å². The first-order valence-electron chi connectivity index (χ1n) is 10.9. The highest BCUT2D eigenvalue weighted by atomic mass is 16.5. The van der Waals surface area contributed by atoms with Crippen molar-refractivity contribution in [1.29, 1.82) is 0 Å². The number of ether oxygens (including phenoxy) is 4. The molecular weight excluding hydrogens is 450 g/mol. The highest BCUT2D eigenvalue weighted by molar-refractivity contribution is 6.10. The van der Waals surface area contributed by atoms with Crippen LogP contribution in [-0.2, 0) is 13.6 Å². The van der Waals surface area contributed by atoms with Gasteiger partial charge in [-0.1, -0.05) is 6.07 Å². The number of nitrogens with zero attached hydrogens (tertiary/aromatic N) is 3. The van der Waals surface area contributed by atoms with Gasteiger partial charge >= 0.3 is 0 Å². The summed E-state index contributed by atoms with van der Waals surface area (Å²) >= 11 is 0. The number of aryl methyl sites for hydroxylation is 2. The first kappa shape index (κ1) is 25.4. The summed E-state index contributed by atoms with van der Waals surface area (Å²) in [4.78, 5) is 17.9. The molecule has 10 nitrogen and oxygen atoms in total. The van der Waals surface area contributed by atoms with Crippen molar-refractivity contribution >= 4 is 17.6 Å². The monoisotopic (exact) mass is 481 g/mol. The molecule has 0 saturated carbocycles. The van der Waals surface area contributed by atoms with Gasteiger partial charge in [-0.25, -0.2) is 4.99 Å². The molecule has 2 aromatic carbocycles. The van der Waals surface area contributed by atoms with Crippen LogP contribution in [0.5, 0.6) is 23.0 Å². The molecule has 35 heavy (non-hydrogen) atoms. The van der Waals surface area contributed by atoms with E-state index in [1.165, 1.54) is 21.3 Å². The molecule has 3 rings (SSSR count). The predicted octanol–water partition coefficient (Wildman–Crippen LogP) is 3.47. The van der Waals surface area contributed by atoms with E-state index < -0.39 is 5.91 Å². The molecule has 1 heterocycles. The van der Waals surface area contributed by atoms with Crippen LogP contribution in [0.2, 0.25) is 0 Å². The Bertz CT molecular complexity index is 1210. The van der Waals surface area contributed by atoms with E-state index >= 15 is 0 Å². The summed E-state index contributed by atoms with van der Waals surface area (Å²) in [5, 5.41) is 10.5. The van der Waals surface area contributed by atoms with Crippen LogP contribution in [0.3, 0.4) is 0 Å². The fourth-order valence-corrected chi connectivity index (χ4v) is 3.54. The molecule has 3 aromatic rings. The van der Waals surface area contributed by atoms with E-state index in [4.69, 9.17) is 18.9 Å². The summed E-state index contributed by atoms with van der Waals surface area (Å²) in [5.74, 6) is 1.68. The molecule has 1 aromatic heterocycles. The summed E-state index contributed by atoms with van der Waals surface area (Å²) < 4.78 is 23.2. The summed E-state index contributed by atoms with van der Waals surface area (Å²) in [5.41, 5.74) is 3.88. The van der Waals surface area contributed by atoms with Crippen molar-refractivity contribution < 1.29 is 23.7 Å². The first-order chi connectivity index (χ1) is 16.8. The van der Waals surface area contributed by atoms with Crippen molar-refractivity contribution in [2.45, 2.75) is 20.4 Å². The van der Waals surface area contributed by atoms with Gasteiger partial charge in [-0.3, -0.25) is 14.8 Å². The second kappa shape index (κ2) is 11.3. The number of hydrogen-bond donors (Lipinski definition) is 2. The third-order valence-corrected chi connectivity index (χ3v) is 5.55. The van der Waals surface area contributed by atoms with E-state index in [0.717, 1.165) is 17.0 Å². The fourth-order valence-electron chi connectivity index (χ4n) is 3.54. The van der Waals surface area contributed by atoms with E-state index in [1.54, 1.807) is 19.2 Å². The van der Waals surface area contributed by atoms with Gasteiger partial charge in [0.25, 0.3) is 5.91 Å². The number of carbonyl (C=O) groups is 1. The Labute approximate surface area is 204 Å². The van der Waals surface area contributed by atoms with Crippen LogP contribution in [0.4, 0.5) is 5.69 Å². The smallest absolute Gasteiger partial charge is 0.258 e. The standard InChI is InChI=1S/C25H31N5O5/c1-15-20(16(2)30(3)29-15)14-26-25(27-18-9-8-10-19(13-18)32-4)28-24(31)17-11-21(33-5)23(35-7)22(12-17)34-6/h8-13H,14H2,1-7H3,(H2,26,27,28,31). The van der Waals surface area contributed by atoms with Gasteiger partial charge in [0.2, 0.25) is 11.7 Å². The number of rotatable bonds is 8. The van der Waals surface area contributed by atoms with Gasteiger partial charge in [-0.15, -0.1) is 0 Å². The van der Waals surface area contributed by atoms with Crippen LogP contribution >= 0.6 is 0 Å². The molecule has 0 aliphatic heterocycles. The number of carbonyl (C=O) groups excluding carboxylic acids is 1. The number of benzene rings is 2. The topological polar surface area (TPSA) is 108 Å². The van der Waals surface area contributed by atoms with Gasteiger partial charge in [0.05, 0.1) is 40.7 Å². The molecule has 0 fully saturated rings. The van der Waals surface area contributed by atoms with Gasteiger partial charge in [0, 0.05) is 35.6 Å². The van der Waals surface area contributed by atoms with Crippen LogP contribution in [0.15, 0.2) is 41.4 Å². The summed E-state index contributed by atoms with van der Waals surface area (Å²) in [6.45, 7) is 4.24. The zero-order valence-corrected chi connectivity index (χ0v) is 21.1. The van der Waals surface area contributed by atoms with E-state index in [1.807, 2.05) is 49.8 Å². The number of amides is 1. The van der Waals surface area contributed by atoms with Crippen molar-refractivity contribution in [3.8, 4) is 23.0 Å². The SMILES string of the molecule is COc1cccc(NC(=NCc2c(C)nn(C)c2C)NC(=O)c2cc(OC)c(OC)c(OC)c2)c1. The van der Waals surface area contributed by atoms with E-state index in [0.29, 0.717) is 40.8 Å². The lowest BCUT2D eigenvalue weighted by Gasteiger charge is -2.15. The van der Waals surface area contributed by atoms with Crippen molar-refractivity contribution in [3.63, 3.8) is 0 Å². The molecule has 0 aliphatic rings. The Balaban J connectivity index is 1.94. The van der Waals surface area contributed by atoms with E-state index in [-0.39, 0.29) is 5.96 Å². The van der Waals surface area contributed by atoms with E-state index in [9.17, 15) is 4.79 Å². The molecule has 186 valence electrons. The molecule has 1 amide bonds. The largest absolute Gasteiger partial charge is 0.497 e. The van der Waals surface area contributed by atoms with Crippen molar-refractivity contribution in [1.82, 2.24) is 15.1 Å².